The largest absolute Gasteiger partial charge is 0.372 e. The Labute approximate surface area is 175 Å². The summed E-state index contributed by atoms with van der Waals surface area (Å²) in [7, 11) is -4.11. The molecule has 1 unspecified atom stereocenters. The summed E-state index contributed by atoms with van der Waals surface area (Å²) in [5.74, 6) is -1.74. The number of hydrogen-bond donors (Lipinski definition) is 0. The highest BCUT2D eigenvalue weighted by atomic mass is 32.2. The van der Waals surface area contributed by atoms with Crippen LogP contribution in [0.2, 0.25) is 0 Å². The zero-order valence-corrected chi connectivity index (χ0v) is 17.5. The van der Waals surface area contributed by atoms with Gasteiger partial charge in [0.05, 0.1) is 12.2 Å². The summed E-state index contributed by atoms with van der Waals surface area (Å²) in [5, 5.41) is 0. The molecule has 6 nitrogen and oxygen atoms in total. The van der Waals surface area contributed by atoms with Gasteiger partial charge in [-0.05, 0) is 44.2 Å². The van der Waals surface area contributed by atoms with Crippen LogP contribution in [0, 0.1) is 17.6 Å². The van der Waals surface area contributed by atoms with Crippen LogP contribution in [-0.2, 0) is 19.6 Å². The van der Waals surface area contributed by atoms with Crippen molar-refractivity contribution in [1.82, 2.24) is 9.21 Å². The second-order valence-electron chi connectivity index (χ2n) is 8.25. The highest BCUT2D eigenvalue weighted by Gasteiger charge is 2.44. The van der Waals surface area contributed by atoms with Gasteiger partial charge in [-0.3, -0.25) is 4.79 Å². The van der Waals surface area contributed by atoms with Crippen LogP contribution < -0.4 is 0 Å². The molecule has 0 radical (unpaired) electrons. The fourth-order valence-corrected chi connectivity index (χ4v) is 6.10. The molecule has 1 atom stereocenters. The smallest absolute Gasteiger partial charge is 0.246 e. The molecule has 0 N–H and O–H groups in total. The van der Waals surface area contributed by atoms with Crippen LogP contribution in [0.5, 0.6) is 0 Å². The number of halogens is 2. The maximum absolute atomic E-state index is 14.1. The van der Waals surface area contributed by atoms with Gasteiger partial charge in [-0.15, -0.1) is 0 Å². The van der Waals surface area contributed by atoms with E-state index >= 15 is 0 Å². The van der Waals surface area contributed by atoms with E-state index in [2.05, 4.69) is 12.2 Å². The summed E-state index contributed by atoms with van der Waals surface area (Å²) in [6.07, 6.45) is 7.76. The molecule has 0 aromatic heterocycles. The molecule has 0 saturated carbocycles. The van der Waals surface area contributed by atoms with E-state index in [1.807, 2.05) is 4.90 Å². The molecule has 2 saturated heterocycles. The molecule has 1 spiro atoms. The SMILES string of the molecule is O=C(C1CC=CCC1)N1CCC2(CC1)CN(S(=O)(=O)c1ccc(F)cc1F)CCO2. The van der Waals surface area contributed by atoms with Crippen molar-refractivity contribution in [1.29, 1.82) is 0 Å². The van der Waals surface area contributed by atoms with Crippen molar-refractivity contribution in [2.45, 2.75) is 42.6 Å². The molecule has 1 aromatic carbocycles. The van der Waals surface area contributed by atoms with E-state index in [1.54, 1.807) is 0 Å². The summed E-state index contributed by atoms with van der Waals surface area (Å²) >= 11 is 0. The summed E-state index contributed by atoms with van der Waals surface area (Å²) < 4.78 is 60.4. The molecule has 2 aliphatic heterocycles. The Morgan fingerprint density at radius 3 is 2.57 bits per heavy atom. The Bertz CT molecular complexity index is 942. The van der Waals surface area contributed by atoms with E-state index in [1.165, 1.54) is 4.31 Å². The van der Waals surface area contributed by atoms with E-state index in [-0.39, 0.29) is 31.5 Å². The lowest BCUT2D eigenvalue weighted by atomic mass is 9.88. The number of carbonyl (C=O) groups excluding carboxylic acids is 1. The molecular weight excluding hydrogens is 414 g/mol. The average molecular weight is 441 g/mol. The van der Waals surface area contributed by atoms with Crippen LogP contribution in [0.4, 0.5) is 8.78 Å². The van der Waals surface area contributed by atoms with Gasteiger partial charge in [0.25, 0.3) is 0 Å². The lowest BCUT2D eigenvalue weighted by Gasteiger charge is -2.47. The highest BCUT2D eigenvalue weighted by Crippen LogP contribution is 2.34. The van der Waals surface area contributed by atoms with Crippen LogP contribution in [0.15, 0.2) is 35.2 Å². The number of nitrogens with zero attached hydrogens (tertiary/aromatic N) is 2. The third kappa shape index (κ3) is 4.15. The molecule has 1 aromatic rings. The van der Waals surface area contributed by atoms with Crippen molar-refractivity contribution < 1.29 is 26.7 Å². The minimum absolute atomic E-state index is 0.0228. The molecule has 9 heteroatoms. The van der Waals surface area contributed by atoms with E-state index in [0.29, 0.717) is 32.0 Å². The molecule has 1 amide bonds. The fraction of sp³-hybridized carbons (Fsp3) is 0.571. The van der Waals surface area contributed by atoms with Crippen molar-refractivity contribution in [2.24, 2.45) is 5.92 Å². The van der Waals surface area contributed by atoms with Gasteiger partial charge in [-0.1, -0.05) is 12.2 Å². The van der Waals surface area contributed by atoms with Gasteiger partial charge in [0.2, 0.25) is 15.9 Å². The first-order valence-corrected chi connectivity index (χ1v) is 11.8. The van der Waals surface area contributed by atoms with Gasteiger partial charge >= 0.3 is 0 Å². The van der Waals surface area contributed by atoms with Crippen molar-refractivity contribution in [3.8, 4) is 0 Å². The number of benzene rings is 1. The quantitative estimate of drug-likeness (QED) is 0.678. The highest BCUT2D eigenvalue weighted by molar-refractivity contribution is 7.89. The molecule has 164 valence electrons. The first-order chi connectivity index (χ1) is 14.3. The Morgan fingerprint density at radius 2 is 1.90 bits per heavy atom. The minimum atomic E-state index is -4.11. The van der Waals surface area contributed by atoms with E-state index in [0.717, 1.165) is 31.4 Å². The van der Waals surface area contributed by atoms with Gasteiger partial charge < -0.3 is 9.64 Å². The van der Waals surface area contributed by atoms with Crippen molar-refractivity contribution >= 4 is 15.9 Å². The van der Waals surface area contributed by atoms with Crippen LogP contribution in [0.25, 0.3) is 0 Å². The van der Waals surface area contributed by atoms with Crippen LogP contribution in [-0.4, -0.2) is 61.9 Å². The number of ether oxygens (including phenoxy) is 1. The van der Waals surface area contributed by atoms with E-state index in [4.69, 9.17) is 4.74 Å². The number of amides is 1. The monoisotopic (exact) mass is 440 g/mol. The summed E-state index contributed by atoms with van der Waals surface area (Å²) in [6, 6.07) is 2.48. The molecule has 30 heavy (non-hydrogen) atoms. The van der Waals surface area contributed by atoms with Gasteiger partial charge in [-0.2, -0.15) is 4.31 Å². The lowest BCUT2D eigenvalue weighted by Crippen LogP contribution is -2.58. The molecule has 2 fully saturated rings. The van der Waals surface area contributed by atoms with Crippen LogP contribution in [0.1, 0.15) is 32.1 Å². The molecule has 4 rings (SSSR count). The predicted octanol–water partition coefficient (Wildman–Crippen LogP) is 2.70. The maximum atomic E-state index is 14.1. The van der Waals surface area contributed by atoms with Crippen LogP contribution in [0.3, 0.4) is 0 Å². The van der Waals surface area contributed by atoms with Crippen molar-refractivity contribution in [2.75, 3.05) is 32.8 Å². The number of piperidine rings is 1. The standard InChI is InChI=1S/C21H26F2N2O4S/c22-17-6-7-19(18(23)14-17)30(27,28)25-12-13-29-21(15-25)8-10-24(11-9-21)20(26)16-4-2-1-3-5-16/h1-2,6-7,14,16H,3-5,8-13,15H2. The first-order valence-electron chi connectivity index (χ1n) is 10.3. The van der Waals surface area contributed by atoms with E-state index in [9.17, 15) is 22.0 Å². The summed E-state index contributed by atoms with van der Waals surface area (Å²) in [4.78, 5) is 14.1. The molecule has 3 aliphatic rings. The van der Waals surface area contributed by atoms with Gasteiger partial charge in [0, 0.05) is 38.2 Å². The number of sulfonamides is 1. The third-order valence-electron chi connectivity index (χ3n) is 6.33. The molecule has 2 heterocycles. The van der Waals surface area contributed by atoms with Gasteiger partial charge in [-0.25, -0.2) is 17.2 Å². The Balaban J connectivity index is 1.44. The van der Waals surface area contributed by atoms with Crippen molar-refractivity contribution in [3.63, 3.8) is 0 Å². The number of morpholine rings is 1. The zero-order chi connectivity index (χ0) is 21.4. The average Bonchev–Trinajstić information content (AvgIpc) is 2.74. The summed E-state index contributed by atoms with van der Waals surface area (Å²) in [6.45, 7) is 1.43. The van der Waals surface area contributed by atoms with Crippen LogP contribution >= 0.6 is 0 Å². The Hall–Kier alpha value is -1.84. The second kappa shape index (κ2) is 8.36. The second-order valence-corrected chi connectivity index (χ2v) is 10.2. The van der Waals surface area contributed by atoms with E-state index < -0.39 is 32.2 Å². The summed E-state index contributed by atoms with van der Waals surface area (Å²) in [5.41, 5.74) is -0.689. The third-order valence-corrected chi connectivity index (χ3v) is 8.21. The molecule has 1 aliphatic carbocycles. The zero-order valence-electron chi connectivity index (χ0n) is 16.7. The number of hydrogen-bond acceptors (Lipinski definition) is 4. The Kier molecular flexibility index (Phi) is 5.96. The van der Waals surface area contributed by atoms with Crippen molar-refractivity contribution in [3.05, 3.63) is 42.0 Å². The molecular formula is C21H26F2N2O4S. The normalized spacial score (nSPS) is 24.9. The minimum Gasteiger partial charge on any atom is -0.372 e. The fourth-order valence-electron chi connectivity index (χ4n) is 4.55. The predicted molar refractivity (Wildman–Crippen MR) is 106 cm³/mol. The number of allylic oxidation sites excluding steroid dienone is 2. The lowest BCUT2D eigenvalue weighted by molar-refractivity contribution is -0.148. The number of rotatable bonds is 3. The topological polar surface area (TPSA) is 66.9 Å². The van der Waals surface area contributed by atoms with Gasteiger partial charge in [0.15, 0.2) is 0 Å². The molecule has 0 bridgehead atoms. The first kappa shape index (κ1) is 21.4. The van der Waals surface area contributed by atoms with Gasteiger partial charge in [0.1, 0.15) is 16.5 Å². The number of carbonyl (C=O) groups is 1. The maximum Gasteiger partial charge on any atom is 0.246 e. The number of likely N-dealkylation sites (tertiary alicyclic amines) is 1. The Morgan fingerprint density at radius 1 is 1.13 bits per heavy atom.